The number of aromatic hydroxyl groups is 1. The predicted molar refractivity (Wildman–Crippen MR) is 111 cm³/mol. The maximum atomic E-state index is 13.1. The van der Waals surface area contributed by atoms with E-state index in [1.165, 1.54) is 0 Å². The highest BCUT2D eigenvalue weighted by molar-refractivity contribution is 5.20. The van der Waals surface area contributed by atoms with Crippen molar-refractivity contribution in [2.24, 2.45) is 0 Å². The number of aromatic nitrogens is 2. The van der Waals surface area contributed by atoms with Crippen molar-refractivity contribution in [3.05, 3.63) is 98.7 Å². The number of nitrogens with zero attached hydrogens (tertiary/aromatic N) is 2. The van der Waals surface area contributed by atoms with Crippen molar-refractivity contribution in [3.63, 3.8) is 0 Å². The monoisotopic (exact) mass is 428 g/mol. The third kappa shape index (κ3) is 5.47. The van der Waals surface area contributed by atoms with Crippen LogP contribution >= 0.6 is 0 Å². The van der Waals surface area contributed by atoms with E-state index in [0.29, 0.717) is 5.56 Å². The first-order valence-electron chi connectivity index (χ1n) is 9.64. The maximum absolute atomic E-state index is 13.1. The van der Waals surface area contributed by atoms with E-state index in [4.69, 9.17) is 19.7 Å². The normalized spacial score (nSPS) is 12.2. The highest BCUT2D eigenvalue weighted by atomic mass is 16.5. The van der Waals surface area contributed by atoms with Crippen LogP contribution in [0.5, 0.6) is 5.88 Å². The number of aliphatic hydroxyl groups excluding tert-OH is 2. The van der Waals surface area contributed by atoms with Crippen molar-refractivity contribution in [1.82, 2.24) is 9.13 Å². The standard InChI is InChI=1S/C22H24N2O7/c25-12-18(13-26)31-15-23-19(27)11-20(28)24(22(23)29)21(17-9-5-2-6-10-17)30-14-16-7-3-1-4-8-16/h1-11,18,21,25-27H,12-15H2. The number of rotatable bonds is 10. The van der Waals surface area contributed by atoms with Crippen LogP contribution in [0.4, 0.5) is 0 Å². The molecule has 9 heteroatoms. The summed E-state index contributed by atoms with van der Waals surface area (Å²) in [5, 5.41) is 28.4. The summed E-state index contributed by atoms with van der Waals surface area (Å²) in [6.45, 7) is -1.28. The lowest BCUT2D eigenvalue weighted by molar-refractivity contribution is -0.0550. The zero-order valence-electron chi connectivity index (χ0n) is 16.7. The third-order valence-electron chi connectivity index (χ3n) is 4.62. The van der Waals surface area contributed by atoms with Crippen molar-refractivity contribution in [3.8, 4) is 5.88 Å². The van der Waals surface area contributed by atoms with Gasteiger partial charge in [-0.05, 0) is 5.56 Å². The summed E-state index contributed by atoms with van der Waals surface area (Å²) in [6, 6.07) is 18.9. The molecule has 0 saturated carbocycles. The largest absolute Gasteiger partial charge is 0.494 e. The molecule has 0 bridgehead atoms. The Labute approximate surface area is 178 Å². The van der Waals surface area contributed by atoms with Crippen molar-refractivity contribution < 1.29 is 24.8 Å². The molecule has 1 aromatic heterocycles. The third-order valence-corrected chi connectivity index (χ3v) is 4.62. The van der Waals surface area contributed by atoms with Crippen molar-refractivity contribution in [2.45, 2.75) is 25.7 Å². The second-order valence-electron chi connectivity index (χ2n) is 6.76. The van der Waals surface area contributed by atoms with Crippen LogP contribution in [0.3, 0.4) is 0 Å². The number of hydrogen-bond donors (Lipinski definition) is 3. The van der Waals surface area contributed by atoms with E-state index in [0.717, 1.165) is 20.8 Å². The van der Waals surface area contributed by atoms with Crippen molar-refractivity contribution in [2.75, 3.05) is 13.2 Å². The molecular formula is C22H24N2O7. The van der Waals surface area contributed by atoms with E-state index in [-0.39, 0.29) is 6.61 Å². The van der Waals surface area contributed by atoms with Crippen LogP contribution in [0.2, 0.25) is 0 Å². The van der Waals surface area contributed by atoms with Crippen molar-refractivity contribution in [1.29, 1.82) is 0 Å². The molecule has 164 valence electrons. The molecule has 3 aromatic rings. The minimum absolute atomic E-state index is 0.140. The minimum Gasteiger partial charge on any atom is -0.494 e. The average molecular weight is 428 g/mol. The van der Waals surface area contributed by atoms with Gasteiger partial charge in [0.05, 0.1) is 25.9 Å². The Bertz CT molecular complexity index is 1080. The summed E-state index contributed by atoms with van der Waals surface area (Å²) < 4.78 is 12.9. The molecule has 0 radical (unpaired) electrons. The lowest BCUT2D eigenvalue weighted by Gasteiger charge is -2.22. The molecule has 3 N–H and O–H groups in total. The number of benzene rings is 2. The van der Waals surface area contributed by atoms with E-state index < -0.39 is 49.4 Å². The highest BCUT2D eigenvalue weighted by Gasteiger charge is 2.22. The first kappa shape index (κ1) is 22.4. The Morgan fingerprint density at radius 2 is 1.48 bits per heavy atom. The molecule has 0 aliphatic carbocycles. The first-order chi connectivity index (χ1) is 15.0. The molecule has 1 unspecified atom stereocenters. The Balaban J connectivity index is 2.00. The lowest BCUT2D eigenvalue weighted by atomic mass is 10.2. The number of hydrogen-bond acceptors (Lipinski definition) is 7. The molecule has 0 fully saturated rings. The fourth-order valence-electron chi connectivity index (χ4n) is 2.95. The summed E-state index contributed by atoms with van der Waals surface area (Å²) in [5.74, 6) is -0.601. The zero-order chi connectivity index (χ0) is 22.2. The van der Waals surface area contributed by atoms with Gasteiger partial charge in [0.2, 0.25) is 5.88 Å². The van der Waals surface area contributed by atoms with E-state index >= 15 is 0 Å². The van der Waals surface area contributed by atoms with Crippen LogP contribution in [0.25, 0.3) is 0 Å². The molecule has 0 aliphatic rings. The average Bonchev–Trinajstić information content (AvgIpc) is 2.79. The molecule has 0 amide bonds. The molecule has 3 rings (SSSR count). The predicted octanol–water partition coefficient (Wildman–Crippen LogP) is 0.807. The van der Waals surface area contributed by atoms with E-state index in [9.17, 15) is 14.7 Å². The van der Waals surface area contributed by atoms with E-state index in [2.05, 4.69) is 0 Å². The summed E-state index contributed by atoms with van der Waals surface area (Å²) >= 11 is 0. The highest BCUT2D eigenvalue weighted by Crippen LogP contribution is 2.19. The van der Waals surface area contributed by atoms with Crippen LogP contribution in [-0.4, -0.2) is 43.8 Å². The van der Waals surface area contributed by atoms with Gasteiger partial charge in [-0.3, -0.25) is 4.79 Å². The van der Waals surface area contributed by atoms with Gasteiger partial charge in [-0.1, -0.05) is 60.7 Å². The second kappa shape index (κ2) is 10.7. The van der Waals surface area contributed by atoms with Gasteiger partial charge in [-0.15, -0.1) is 0 Å². The topological polar surface area (TPSA) is 123 Å². The molecular weight excluding hydrogens is 404 g/mol. The quantitative estimate of drug-likeness (QED) is 0.437. The Kier molecular flexibility index (Phi) is 7.74. The minimum atomic E-state index is -1.06. The molecule has 9 nitrogen and oxygen atoms in total. The lowest BCUT2D eigenvalue weighted by Crippen LogP contribution is -2.43. The fourth-order valence-corrected chi connectivity index (χ4v) is 2.95. The fraction of sp³-hybridized carbons (Fsp3) is 0.273. The van der Waals surface area contributed by atoms with Crippen LogP contribution in [0.1, 0.15) is 17.4 Å². The summed E-state index contributed by atoms with van der Waals surface area (Å²) in [5.41, 5.74) is -0.185. The molecule has 1 atom stereocenters. The smallest absolute Gasteiger partial charge is 0.338 e. The van der Waals surface area contributed by atoms with Gasteiger partial charge < -0.3 is 24.8 Å². The molecule has 2 aromatic carbocycles. The molecule has 1 heterocycles. The van der Waals surface area contributed by atoms with Gasteiger partial charge in [-0.2, -0.15) is 0 Å². The van der Waals surface area contributed by atoms with Gasteiger partial charge in [0.1, 0.15) is 12.8 Å². The SMILES string of the molecule is O=c1cc(O)n(COC(CO)CO)c(=O)n1C(OCc1ccccc1)c1ccccc1. The van der Waals surface area contributed by atoms with Crippen LogP contribution in [-0.2, 0) is 22.8 Å². The van der Waals surface area contributed by atoms with Gasteiger partial charge in [0.15, 0.2) is 6.23 Å². The number of ether oxygens (including phenoxy) is 2. The summed E-state index contributed by atoms with van der Waals surface area (Å²) in [6.07, 6.45) is -1.99. The van der Waals surface area contributed by atoms with Gasteiger partial charge in [0, 0.05) is 5.56 Å². The number of aliphatic hydroxyl groups is 2. The molecule has 31 heavy (non-hydrogen) atoms. The van der Waals surface area contributed by atoms with Crippen LogP contribution in [0, 0.1) is 0 Å². The Morgan fingerprint density at radius 3 is 2.10 bits per heavy atom. The first-order valence-corrected chi connectivity index (χ1v) is 9.64. The second-order valence-corrected chi connectivity index (χ2v) is 6.76. The van der Waals surface area contributed by atoms with Crippen LogP contribution in [0.15, 0.2) is 76.3 Å². The zero-order valence-corrected chi connectivity index (χ0v) is 16.7. The summed E-state index contributed by atoms with van der Waals surface area (Å²) in [4.78, 5) is 25.8. The van der Waals surface area contributed by atoms with Gasteiger partial charge >= 0.3 is 5.69 Å². The molecule has 0 spiro atoms. The van der Waals surface area contributed by atoms with Crippen LogP contribution < -0.4 is 11.2 Å². The summed E-state index contributed by atoms with van der Waals surface area (Å²) in [7, 11) is 0. The van der Waals surface area contributed by atoms with Gasteiger partial charge in [0.25, 0.3) is 5.56 Å². The van der Waals surface area contributed by atoms with Crippen molar-refractivity contribution >= 4 is 0 Å². The maximum Gasteiger partial charge on any atom is 0.338 e. The Morgan fingerprint density at radius 1 is 0.871 bits per heavy atom. The Hall–Kier alpha value is -3.24. The van der Waals surface area contributed by atoms with E-state index in [1.54, 1.807) is 30.3 Å². The van der Waals surface area contributed by atoms with Gasteiger partial charge in [-0.25, -0.2) is 13.9 Å². The van der Waals surface area contributed by atoms with E-state index in [1.807, 2.05) is 30.3 Å². The molecule has 0 aliphatic heterocycles. The molecule has 0 saturated heterocycles.